The van der Waals surface area contributed by atoms with Crippen molar-refractivity contribution in [3.8, 4) is 0 Å². The predicted molar refractivity (Wildman–Crippen MR) is 66.0 cm³/mol. The van der Waals surface area contributed by atoms with Crippen molar-refractivity contribution in [2.24, 2.45) is 5.41 Å². The Hall–Kier alpha value is -1.36. The van der Waals surface area contributed by atoms with Gasteiger partial charge in [-0.1, -0.05) is 19.3 Å². The molecule has 5 nitrogen and oxygen atoms in total. The first-order valence-corrected chi connectivity index (χ1v) is 6.14. The maximum absolute atomic E-state index is 11.1. The summed E-state index contributed by atoms with van der Waals surface area (Å²) in [6.45, 7) is 0.878. The SMILES string of the molecule is O=c1cc(NCC2(CO)CCCCC2)nc[nH]1. The van der Waals surface area contributed by atoms with E-state index in [4.69, 9.17) is 0 Å². The molecule has 1 heterocycles. The highest BCUT2D eigenvalue weighted by atomic mass is 16.3. The lowest BCUT2D eigenvalue weighted by Crippen LogP contribution is -2.35. The average molecular weight is 237 g/mol. The van der Waals surface area contributed by atoms with Gasteiger partial charge in [0.1, 0.15) is 5.82 Å². The van der Waals surface area contributed by atoms with Gasteiger partial charge in [0.05, 0.1) is 12.9 Å². The molecule has 1 fully saturated rings. The Balaban J connectivity index is 1.98. The number of hydrogen-bond acceptors (Lipinski definition) is 4. The van der Waals surface area contributed by atoms with E-state index in [1.807, 2.05) is 0 Å². The second-order valence-electron chi connectivity index (χ2n) is 4.87. The van der Waals surface area contributed by atoms with Crippen molar-refractivity contribution in [2.45, 2.75) is 32.1 Å². The number of aromatic amines is 1. The first-order valence-electron chi connectivity index (χ1n) is 6.14. The number of H-pyrrole nitrogens is 1. The van der Waals surface area contributed by atoms with Crippen LogP contribution in [-0.2, 0) is 0 Å². The van der Waals surface area contributed by atoms with Gasteiger partial charge in [0.15, 0.2) is 0 Å². The Morgan fingerprint density at radius 3 is 2.82 bits per heavy atom. The third-order valence-electron chi connectivity index (χ3n) is 3.57. The van der Waals surface area contributed by atoms with E-state index < -0.39 is 0 Å². The maximum atomic E-state index is 11.1. The zero-order valence-electron chi connectivity index (χ0n) is 9.91. The molecule has 0 bridgehead atoms. The third kappa shape index (κ3) is 3.06. The number of nitrogens with one attached hydrogen (secondary N) is 2. The Morgan fingerprint density at radius 2 is 2.18 bits per heavy atom. The highest BCUT2D eigenvalue weighted by Gasteiger charge is 2.31. The van der Waals surface area contributed by atoms with Gasteiger partial charge in [-0.05, 0) is 12.8 Å². The molecule has 0 spiro atoms. The van der Waals surface area contributed by atoms with Gasteiger partial charge < -0.3 is 15.4 Å². The van der Waals surface area contributed by atoms with Crippen molar-refractivity contribution >= 4 is 5.82 Å². The van der Waals surface area contributed by atoms with Gasteiger partial charge >= 0.3 is 0 Å². The summed E-state index contributed by atoms with van der Waals surface area (Å²) in [6.07, 6.45) is 7.07. The fraction of sp³-hybridized carbons (Fsp3) is 0.667. The lowest BCUT2D eigenvalue weighted by molar-refractivity contribution is 0.0943. The topological polar surface area (TPSA) is 78.0 Å². The second-order valence-corrected chi connectivity index (χ2v) is 4.87. The van der Waals surface area contributed by atoms with Gasteiger partial charge in [0.2, 0.25) is 0 Å². The summed E-state index contributed by atoms with van der Waals surface area (Å²) >= 11 is 0. The van der Waals surface area contributed by atoms with Crippen LogP contribution in [0, 0.1) is 5.41 Å². The molecule has 0 saturated heterocycles. The Morgan fingerprint density at radius 1 is 1.41 bits per heavy atom. The van der Waals surface area contributed by atoms with E-state index >= 15 is 0 Å². The van der Waals surface area contributed by atoms with E-state index in [1.165, 1.54) is 31.7 Å². The molecular formula is C12H19N3O2. The minimum absolute atomic E-state index is 0.0392. The van der Waals surface area contributed by atoms with Gasteiger partial charge in [0, 0.05) is 18.0 Å². The van der Waals surface area contributed by atoms with E-state index in [0.717, 1.165) is 12.8 Å². The molecule has 0 unspecified atom stereocenters. The molecular weight excluding hydrogens is 218 g/mol. The van der Waals surface area contributed by atoms with Crippen LogP contribution in [0.1, 0.15) is 32.1 Å². The monoisotopic (exact) mass is 237 g/mol. The Kier molecular flexibility index (Phi) is 3.78. The van der Waals surface area contributed by atoms with Crippen LogP contribution in [0.25, 0.3) is 0 Å². The van der Waals surface area contributed by atoms with Crippen LogP contribution in [0.15, 0.2) is 17.2 Å². The van der Waals surface area contributed by atoms with E-state index in [9.17, 15) is 9.90 Å². The summed E-state index contributed by atoms with van der Waals surface area (Å²) in [5.74, 6) is 0.576. The largest absolute Gasteiger partial charge is 0.396 e. The number of aliphatic hydroxyl groups excluding tert-OH is 1. The van der Waals surface area contributed by atoms with E-state index in [0.29, 0.717) is 12.4 Å². The van der Waals surface area contributed by atoms with Crippen LogP contribution < -0.4 is 10.9 Å². The molecule has 2 rings (SSSR count). The maximum Gasteiger partial charge on any atom is 0.252 e. The summed E-state index contributed by atoms with van der Waals surface area (Å²) < 4.78 is 0. The number of nitrogens with zero attached hydrogens (tertiary/aromatic N) is 1. The standard InChI is InChI=1S/C12H19N3O2/c16-8-12(4-2-1-3-5-12)7-13-10-6-11(17)15-9-14-10/h6,9,16H,1-5,7-8H2,(H2,13,14,15,17). The van der Waals surface area contributed by atoms with Gasteiger partial charge in [-0.25, -0.2) is 4.98 Å². The summed E-state index contributed by atoms with van der Waals surface area (Å²) in [6, 6.07) is 1.44. The molecule has 0 amide bonds. The number of aromatic nitrogens is 2. The smallest absolute Gasteiger partial charge is 0.252 e. The molecule has 1 aliphatic carbocycles. The first-order chi connectivity index (χ1) is 8.24. The lowest BCUT2D eigenvalue weighted by Gasteiger charge is -2.35. The van der Waals surface area contributed by atoms with E-state index in [2.05, 4.69) is 15.3 Å². The lowest BCUT2D eigenvalue weighted by atomic mass is 9.74. The molecule has 1 aromatic heterocycles. The van der Waals surface area contributed by atoms with Gasteiger partial charge in [-0.15, -0.1) is 0 Å². The van der Waals surface area contributed by atoms with Crippen LogP contribution in [0.5, 0.6) is 0 Å². The van der Waals surface area contributed by atoms with E-state index in [-0.39, 0.29) is 17.6 Å². The molecule has 1 saturated carbocycles. The molecule has 3 N–H and O–H groups in total. The quantitative estimate of drug-likeness (QED) is 0.733. The fourth-order valence-electron chi connectivity index (χ4n) is 2.44. The van der Waals surface area contributed by atoms with Crippen LogP contribution in [0.2, 0.25) is 0 Å². The Bertz CT molecular complexity index is 410. The van der Waals surface area contributed by atoms with Gasteiger partial charge in [0.25, 0.3) is 5.56 Å². The van der Waals surface area contributed by atoms with Crippen molar-refractivity contribution in [2.75, 3.05) is 18.5 Å². The van der Waals surface area contributed by atoms with Gasteiger partial charge in [-0.3, -0.25) is 4.79 Å². The summed E-state index contributed by atoms with van der Waals surface area (Å²) in [7, 11) is 0. The molecule has 1 aliphatic rings. The highest BCUT2D eigenvalue weighted by Crippen LogP contribution is 2.35. The van der Waals surface area contributed by atoms with E-state index in [1.54, 1.807) is 0 Å². The molecule has 94 valence electrons. The summed E-state index contributed by atoms with van der Waals surface area (Å²) in [5, 5.41) is 12.7. The molecule has 5 heteroatoms. The summed E-state index contributed by atoms with van der Waals surface area (Å²) in [5.41, 5.74) is -0.202. The van der Waals surface area contributed by atoms with Crippen LogP contribution in [0.4, 0.5) is 5.82 Å². The van der Waals surface area contributed by atoms with Gasteiger partial charge in [-0.2, -0.15) is 0 Å². The molecule has 17 heavy (non-hydrogen) atoms. The zero-order chi connectivity index (χ0) is 12.1. The van der Waals surface area contributed by atoms with Crippen LogP contribution in [0.3, 0.4) is 0 Å². The molecule has 0 atom stereocenters. The van der Waals surface area contributed by atoms with Crippen molar-refractivity contribution in [3.63, 3.8) is 0 Å². The first kappa shape index (κ1) is 12.1. The van der Waals surface area contributed by atoms with Crippen LogP contribution >= 0.6 is 0 Å². The van der Waals surface area contributed by atoms with Crippen LogP contribution in [-0.4, -0.2) is 28.2 Å². The number of rotatable bonds is 4. The number of aliphatic hydroxyl groups is 1. The van der Waals surface area contributed by atoms with Crippen molar-refractivity contribution < 1.29 is 5.11 Å². The van der Waals surface area contributed by atoms with Crippen molar-refractivity contribution in [1.82, 2.24) is 9.97 Å². The normalized spacial score (nSPS) is 18.9. The van der Waals surface area contributed by atoms with Crippen molar-refractivity contribution in [3.05, 3.63) is 22.7 Å². The fourth-order valence-corrected chi connectivity index (χ4v) is 2.44. The molecule has 0 aliphatic heterocycles. The Labute approximate surface area is 100 Å². The van der Waals surface area contributed by atoms with Crippen molar-refractivity contribution in [1.29, 1.82) is 0 Å². The zero-order valence-corrected chi connectivity index (χ0v) is 9.91. The number of hydrogen-bond donors (Lipinski definition) is 3. The molecule has 0 aromatic carbocycles. The molecule has 0 radical (unpaired) electrons. The minimum Gasteiger partial charge on any atom is -0.396 e. The summed E-state index contributed by atoms with van der Waals surface area (Å²) in [4.78, 5) is 17.6. The molecule has 1 aromatic rings. The number of anilines is 1. The minimum atomic E-state index is -0.163. The third-order valence-corrected chi connectivity index (χ3v) is 3.57. The highest BCUT2D eigenvalue weighted by molar-refractivity contribution is 5.32. The second kappa shape index (κ2) is 5.31. The average Bonchev–Trinajstić information content (AvgIpc) is 2.38. The predicted octanol–water partition coefficient (Wildman–Crippen LogP) is 1.12.